The Kier molecular flexibility index (Phi) is 5.60. The molecule has 3 heterocycles. The standard InChI is InChI=1S/C22H20IN7O2/c1-32-16-6-4-5-15(13-16)30-21-19(26-27-30)20(24-14-25-21)28-9-11-29(12-10-28)22(31)17-7-2-3-8-18(17)23/h2-8,13-14H,9-12H2,1H3. The van der Waals surface area contributed by atoms with Crippen molar-refractivity contribution in [3.05, 3.63) is 64.0 Å². The molecule has 0 radical (unpaired) electrons. The molecule has 4 aromatic rings. The van der Waals surface area contributed by atoms with Gasteiger partial charge in [0.1, 0.15) is 12.1 Å². The first-order valence-corrected chi connectivity index (χ1v) is 11.2. The highest BCUT2D eigenvalue weighted by molar-refractivity contribution is 14.1. The van der Waals surface area contributed by atoms with Crippen molar-refractivity contribution in [1.82, 2.24) is 29.9 Å². The summed E-state index contributed by atoms with van der Waals surface area (Å²) in [6.07, 6.45) is 1.53. The van der Waals surface area contributed by atoms with Crippen LogP contribution in [-0.2, 0) is 0 Å². The number of piperazine rings is 1. The van der Waals surface area contributed by atoms with Gasteiger partial charge in [0, 0.05) is 35.8 Å². The van der Waals surface area contributed by atoms with E-state index in [9.17, 15) is 4.79 Å². The molecule has 0 bridgehead atoms. The van der Waals surface area contributed by atoms with Crippen molar-refractivity contribution in [2.24, 2.45) is 0 Å². The van der Waals surface area contributed by atoms with Crippen molar-refractivity contribution >= 4 is 45.5 Å². The molecule has 1 aliphatic rings. The van der Waals surface area contributed by atoms with Crippen LogP contribution in [0.1, 0.15) is 10.4 Å². The van der Waals surface area contributed by atoms with Gasteiger partial charge in [0.25, 0.3) is 5.91 Å². The van der Waals surface area contributed by atoms with Gasteiger partial charge in [-0.1, -0.05) is 23.4 Å². The van der Waals surface area contributed by atoms with Gasteiger partial charge in [0.15, 0.2) is 17.0 Å². The van der Waals surface area contributed by atoms with Crippen LogP contribution in [-0.4, -0.2) is 69.1 Å². The molecule has 32 heavy (non-hydrogen) atoms. The monoisotopic (exact) mass is 541 g/mol. The maximum atomic E-state index is 12.9. The molecule has 2 aromatic heterocycles. The smallest absolute Gasteiger partial charge is 0.255 e. The summed E-state index contributed by atoms with van der Waals surface area (Å²) in [6, 6.07) is 15.2. The van der Waals surface area contributed by atoms with E-state index in [2.05, 4.69) is 47.8 Å². The van der Waals surface area contributed by atoms with Gasteiger partial charge in [-0.25, -0.2) is 9.97 Å². The number of nitrogens with zero attached hydrogens (tertiary/aromatic N) is 7. The summed E-state index contributed by atoms with van der Waals surface area (Å²) in [5.74, 6) is 1.52. The minimum absolute atomic E-state index is 0.0615. The summed E-state index contributed by atoms with van der Waals surface area (Å²) in [5, 5.41) is 8.67. The van der Waals surface area contributed by atoms with Crippen LogP contribution in [0.2, 0.25) is 0 Å². The van der Waals surface area contributed by atoms with Gasteiger partial charge in [0.05, 0.1) is 18.4 Å². The van der Waals surface area contributed by atoms with Crippen LogP contribution in [0.25, 0.3) is 16.9 Å². The molecule has 0 saturated carbocycles. The molecule has 1 amide bonds. The average Bonchev–Trinajstić information content (AvgIpc) is 3.28. The Hall–Kier alpha value is -3.28. The van der Waals surface area contributed by atoms with Gasteiger partial charge < -0.3 is 14.5 Å². The number of halogens is 1. The van der Waals surface area contributed by atoms with E-state index in [1.54, 1.807) is 11.8 Å². The van der Waals surface area contributed by atoms with Crippen LogP contribution in [0.5, 0.6) is 5.75 Å². The summed E-state index contributed by atoms with van der Waals surface area (Å²) in [7, 11) is 1.63. The third kappa shape index (κ3) is 3.74. The van der Waals surface area contributed by atoms with Gasteiger partial charge >= 0.3 is 0 Å². The maximum absolute atomic E-state index is 12.9. The molecule has 5 rings (SSSR count). The lowest BCUT2D eigenvalue weighted by atomic mass is 10.2. The lowest BCUT2D eigenvalue weighted by Crippen LogP contribution is -2.49. The topological polar surface area (TPSA) is 89.3 Å². The van der Waals surface area contributed by atoms with Crippen molar-refractivity contribution in [2.75, 3.05) is 38.2 Å². The molecule has 0 N–H and O–H groups in total. The molecule has 1 saturated heterocycles. The van der Waals surface area contributed by atoms with E-state index in [1.165, 1.54) is 6.33 Å². The molecule has 10 heteroatoms. The second-order valence-electron chi connectivity index (χ2n) is 7.33. The number of aromatic nitrogens is 5. The van der Waals surface area contributed by atoms with E-state index in [0.29, 0.717) is 37.3 Å². The van der Waals surface area contributed by atoms with Crippen molar-refractivity contribution < 1.29 is 9.53 Å². The number of carbonyl (C=O) groups is 1. The molecule has 162 valence electrons. The van der Waals surface area contributed by atoms with E-state index >= 15 is 0 Å². The number of hydrogen-bond acceptors (Lipinski definition) is 7. The summed E-state index contributed by atoms with van der Waals surface area (Å²) in [5.41, 5.74) is 2.81. The first-order valence-electron chi connectivity index (χ1n) is 10.2. The number of amides is 1. The molecule has 0 unspecified atom stereocenters. The first kappa shape index (κ1) is 20.6. The van der Waals surface area contributed by atoms with Crippen LogP contribution in [0.15, 0.2) is 54.9 Å². The fraction of sp³-hybridized carbons (Fsp3) is 0.227. The SMILES string of the molecule is COc1cccc(-n2nnc3c(N4CCN(C(=O)c5ccccc5I)CC4)ncnc32)c1. The lowest BCUT2D eigenvalue weighted by molar-refractivity contribution is 0.0745. The number of benzene rings is 2. The van der Waals surface area contributed by atoms with Crippen LogP contribution < -0.4 is 9.64 Å². The lowest BCUT2D eigenvalue weighted by Gasteiger charge is -2.35. The largest absolute Gasteiger partial charge is 0.497 e. The predicted molar refractivity (Wildman–Crippen MR) is 128 cm³/mol. The fourth-order valence-corrected chi connectivity index (χ4v) is 4.43. The number of fused-ring (bicyclic) bond motifs is 1. The number of carbonyl (C=O) groups excluding carboxylic acids is 1. The molecule has 0 atom stereocenters. The highest BCUT2D eigenvalue weighted by Gasteiger charge is 2.26. The van der Waals surface area contributed by atoms with Gasteiger partial charge in [-0.2, -0.15) is 4.68 Å². The number of ether oxygens (including phenoxy) is 1. The Labute approximate surface area is 198 Å². The highest BCUT2D eigenvalue weighted by atomic mass is 127. The Bertz CT molecular complexity index is 1280. The van der Waals surface area contributed by atoms with Crippen molar-refractivity contribution in [1.29, 1.82) is 0 Å². The molecule has 2 aromatic carbocycles. The third-order valence-corrected chi connectivity index (χ3v) is 6.43. The molecule has 1 aliphatic heterocycles. The summed E-state index contributed by atoms with van der Waals surface area (Å²) >= 11 is 2.21. The van der Waals surface area contributed by atoms with Gasteiger partial charge in [-0.05, 0) is 46.9 Å². The Morgan fingerprint density at radius 1 is 1.03 bits per heavy atom. The Balaban J connectivity index is 1.38. The summed E-state index contributed by atoms with van der Waals surface area (Å²) in [4.78, 5) is 25.8. The molecule has 1 fully saturated rings. The number of rotatable bonds is 4. The normalized spacial score (nSPS) is 14.1. The molecule has 9 nitrogen and oxygen atoms in total. The zero-order chi connectivity index (χ0) is 22.1. The number of anilines is 1. The molecule has 0 aliphatic carbocycles. The molecular weight excluding hydrogens is 521 g/mol. The van der Waals surface area contributed by atoms with E-state index in [-0.39, 0.29) is 5.91 Å². The molecular formula is C22H20IN7O2. The minimum atomic E-state index is 0.0615. The van der Waals surface area contributed by atoms with E-state index in [1.807, 2.05) is 53.4 Å². The third-order valence-electron chi connectivity index (χ3n) is 5.49. The predicted octanol–water partition coefficient (Wildman–Crippen LogP) is 2.79. The quantitative estimate of drug-likeness (QED) is 0.367. The van der Waals surface area contributed by atoms with Crippen LogP contribution in [0.3, 0.4) is 0 Å². The zero-order valence-electron chi connectivity index (χ0n) is 17.3. The zero-order valence-corrected chi connectivity index (χ0v) is 19.5. The Morgan fingerprint density at radius 2 is 1.84 bits per heavy atom. The number of methoxy groups -OCH3 is 1. The van der Waals surface area contributed by atoms with Crippen LogP contribution in [0, 0.1) is 3.57 Å². The Morgan fingerprint density at radius 3 is 2.62 bits per heavy atom. The van der Waals surface area contributed by atoms with E-state index < -0.39 is 0 Å². The average molecular weight is 541 g/mol. The van der Waals surface area contributed by atoms with Crippen molar-refractivity contribution in [3.8, 4) is 11.4 Å². The second kappa shape index (κ2) is 8.69. The van der Waals surface area contributed by atoms with E-state index in [0.717, 1.165) is 26.4 Å². The number of hydrogen-bond donors (Lipinski definition) is 0. The van der Waals surface area contributed by atoms with E-state index in [4.69, 9.17) is 4.74 Å². The molecule has 0 spiro atoms. The van der Waals surface area contributed by atoms with Crippen LogP contribution >= 0.6 is 22.6 Å². The van der Waals surface area contributed by atoms with Gasteiger partial charge in [-0.3, -0.25) is 4.79 Å². The fourth-order valence-electron chi connectivity index (χ4n) is 3.81. The highest BCUT2D eigenvalue weighted by Crippen LogP contribution is 2.25. The maximum Gasteiger partial charge on any atom is 0.255 e. The second-order valence-corrected chi connectivity index (χ2v) is 8.49. The van der Waals surface area contributed by atoms with Gasteiger partial charge in [-0.15, -0.1) is 5.10 Å². The van der Waals surface area contributed by atoms with Gasteiger partial charge in [0.2, 0.25) is 0 Å². The summed E-state index contributed by atoms with van der Waals surface area (Å²) < 4.78 is 7.96. The first-order chi connectivity index (χ1) is 15.7. The van der Waals surface area contributed by atoms with Crippen LogP contribution in [0.4, 0.5) is 5.82 Å². The van der Waals surface area contributed by atoms with Crippen molar-refractivity contribution in [2.45, 2.75) is 0 Å². The summed E-state index contributed by atoms with van der Waals surface area (Å²) in [6.45, 7) is 2.54. The minimum Gasteiger partial charge on any atom is -0.497 e. The van der Waals surface area contributed by atoms with Crippen molar-refractivity contribution in [3.63, 3.8) is 0 Å².